The Morgan fingerprint density at radius 1 is 0.493 bits per heavy atom. The van der Waals surface area contributed by atoms with Gasteiger partial charge < -0.3 is 38.6 Å². The van der Waals surface area contributed by atoms with Crippen molar-refractivity contribution in [2.24, 2.45) is 16.2 Å². The number of carbonyl (C=O) groups is 2. The van der Waals surface area contributed by atoms with Crippen LogP contribution in [-0.4, -0.2) is 74.4 Å². The molecule has 6 aromatic rings. The van der Waals surface area contributed by atoms with Crippen molar-refractivity contribution in [3.8, 4) is 56.0 Å². The van der Waals surface area contributed by atoms with E-state index in [0.717, 1.165) is 33.4 Å². The molecule has 2 fully saturated rings. The summed E-state index contributed by atoms with van der Waals surface area (Å²) in [6.45, 7) is 9.33. The van der Waals surface area contributed by atoms with Gasteiger partial charge in [-0.25, -0.2) is 0 Å². The molecule has 10 nitrogen and oxygen atoms in total. The second kappa shape index (κ2) is 20.7. The van der Waals surface area contributed by atoms with Gasteiger partial charge in [0, 0.05) is 45.9 Å². The maximum atomic E-state index is 13.2. The molecule has 0 unspecified atom stereocenters. The Morgan fingerprint density at radius 3 is 1.03 bits per heavy atom. The molecule has 0 atom stereocenters. The molecule has 6 aromatic carbocycles. The van der Waals surface area contributed by atoms with Crippen LogP contribution in [0.2, 0.25) is 0 Å². The molecule has 0 amide bonds. The molecular weight excluding hydrogens is 845 g/mol. The van der Waals surface area contributed by atoms with Crippen LogP contribution in [0.25, 0.3) is 44.5 Å². The molecule has 1 spiro atoms. The molecule has 0 aromatic heterocycles. The van der Waals surface area contributed by atoms with Gasteiger partial charge in [0.05, 0.1) is 31.8 Å². The van der Waals surface area contributed by atoms with Crippen LogP contribution >= 0.6 is 0 Å². The van der Waals surface area contributed by atoms with E-state index in [0.29, 0.717) is 61.5 Å². The smallest absolute Gasteiger partial charge is 0.306 e. The predicted octanol–water partition coefficient (Wildman–Crippen LogP) is 11.2. The van der Waals surface area contributed by atoms with Crippen molar-refractivity contribution in [3.63, 3.8) is 0 Å². The lowest BCUT2D eigenvalue weighted by atomic mass is 9.86. The molecule has 2 aliphatic heterocycles. The highest BCUT2D eigenvalue weighted by Gasteiger charge is 2.48. The number of rotatable bonds is 16. The number of esters is 2. The van der Waals surface area contributed by atoms with Crippen LogP contribution in [0.4, 0.5) is 0 Å². The summed E-state index contributed by atoms with van der Waals surface area (Å²) in [6.07, 6.45) is -0.0335. The van der Waals surface area contributed by atoms with Crippen molar-refractivity contribution in [2.75, 3.05) is 39.6 Å². The van der Waals surface area contributed by atoms with Crippen molar-refractivity contribution >= 4 is 11.9 Å². The summed E-state index contributed by atoms with van der Waals surface area (Å²) >= 11 is 0. The zero-order valence-corrected chi connectivity index (χ0v) is 38.7. The van der Waals surface area contributed by atoms with E-state index >= 15 is 0 Å². The summed E-state index contributed by atoms with van der Waals surface area (Å²) in [5.41, 5.74) is 6.42. The van der Waals surface area contributed by atoms with Gasteiger partial charge in [0.1, 0.15) is 24.7 Å². The second-order valence-corrected chi connectivity index (χ2v) is 19.2. The second-order valence-electron chi connectivity index (χ2n) is 19.2. The highest BCUT2D eigenvalue weighted by Crippen LogP contribution is 2.42. The van der Waals surface area contributed by atoms with Gasteiger partial charge in [0.15, 0.2) is 12.6 Å². The number of phenolic OH excluding ortho intramolecular Hbond substituents is 2. The van der Waals surface area contributed by atoms with E-state index in [1.165, 1.54) is 0 Å². The van der Waals surface area contributed by atoms with E-state index in [2.05, 4.69) is 0 Å². The summed E-state index contributed by atoms with van der Waals surface area (Å²) in [6, 6.07) is 46.7. The molecule has 0 saturated carbocycles. The molecule has 67 heavy (non-hydrogen) atoms. The number of hydrogen-bond donors (Lipinski definition) is 2. The van der Waals surface area contributed by atoms with Crippen molar-refractivity contribution in [1.82, 2.24) is 0 Å². The molecule has 2 heterocycles. The Labute approximate surface area is 393 Å². The SMILES string of the molecule is CC(C)(COC(=O)CCc1cc(-c2ccccc2)c(O)c(-c2ccccc2)c1)C1OCC2(CO1)COC(C(C)(C)COC(=O)CCc1cc(-c3ccccc3)c(O)c(-c3ccccc3)c1)OC2. The summed E-state index contributed by atoms with van der Waals surface area (Å²) in [5, 5.41) is 22.6. The van der Waals surface area contributed by atoms with Gasteiger partial charge in [-0.1, -0.05) is 149 Å². The molecule has 0 radical (unpaired) electrons. The fourth-order valence-corrected chi connectivity index (χ4v) is 8.59. The topological polar surface area (TPSA) is 130 Å². The Balaban J connectivity index is 0.788. The van der Waals surface area contributed by atoms with Crippen LogP contribution in [0.1, 0.15) is 51.7 Å². The van der Waals surface area contributed by atoms with Crippen LogP contribution in [0.3, 0.4) is 0 Å². The van der Waals surface area contributed by atoms with Crippen LogP contribution < -0.4 is 0 Å². The third-order valence-corrected chi connectivity index (χ3v) is 12.6. The minimum atomic E-state index is -0.641. The van der Waals surface area contributed by atoms with E-state index in [-0.39, 0.29) is 49.5 Å². The number of aromatic hydroxyl groups is 2. The first-order valence-corrected chi connectivity index (χ1v) is 23.0. The van der Waals surface area contributed by atoms with Gasteiger partial charge >= 0.3 is 11.9 Å². The largest absolute Gasteiger partial charge is 0.507 e. The summed E-state index contributed by atoms with van der Waals surface area (Å²) in [4.78, 5) is 26.3. The van der Waals surface area contributed by atoms with Crippen molar-refractivity contribution in [1.29, 1.82) is 0 Å². The first-order chi connectivity index (χ1) is 32.3. The van der Waals surface area contributed by atoms with E-state index in [9.17, 15) is 19.8 Å². The Kier molecular flexibility index (Phi) is 14.6. The number of benzene rings is 6. The molecule has 10 heteroatoms. The first kappa shape index (κ1) is 47.2. The quantitative estimate of drug-likeness (QED) is 0.0905. The standard InChI is InChI=1S/C57H60O10/c1-55(2,33-62-49(58)27-25-39-29-45(41-17-9-5-10-18-41)51(60)46(30-39)42-19-11-6-12-20-42)53-64-35-57(36-65-53)37-66-54(67-38-57)56(3,4)34-63-50(59)28-26-40-31-47(43-21-13-7-14-22-43)52(61)48(32-40)44-23-15-8-16-24-44/h5-24,29-32,53-54,60-61H,25-28,33-38H2,1-4H3. The Morgan fingerprint density at radius 2 is 0.761 bits per heavy atom. The van der Waals surface area contributed by atoms with Crippen molar-refractivity contribution in [2.45, 2.75) is 66.0 Å². The van der Waals surface area contributed by atoms with Crippen LogP contribution in [0.5, 0.6) is 11.5 Å². The number of phenols is 2. The predicted molar refractivity (Wildman–Crippen MR) is 258 cm³/mol. The molecule has 2 aliphatic rings. The van der Waals surface area contributed by atoms with E-state index < -0.39 is 28.8 Å². The molecule has 0 bridgehead atoms. The fraction of sp³-hybridized carbons (Fsp3) is 0.333. The lowest BCUT2D eigenvalue weighted by molar-refractivity contribution is -0.337. The minimum absolute atomic E-state index is 0.101. The lowest BCUT2D eigenvalue weighted by Gasteiger charge is -2.48. The molecule has 2 N–H and O–H groups in total. The zero-order chi connectivity index (χ0) is 47.0. The third kappa shape index (κ3) is 11.5. The summed E-state index contributed by atoms with van der Waals surface area (Å²) < 4.78 is 36.7. The maximum absolute atomic E-state index is 13.2. The average molecular weight is 905 g/mol. The fourth-order valence-electron chi connectivity index (χ4n) is 8.59. The first-order valence-electron chi connectivity index (χ1n) is 23.0. The van der Waals surface area contributed by atoms with Gasteiger partial charge in [-0.3, -0.25) is 9.59 Å². The number of carbonyl (C=O) groups excluding carboxylic acids is 2. The molecule has 8 rings (SSSR count). The zero-order valence-electron chi connectivity index (χ0n) is 38.7. The number of aryl methyl sites for hydroxylation is 2. The third-order valence-electron chi connectivity index (χ3n) is 12.6. The summed E-state index contributed by atoms with van der Waals surface area (Å²) in [7, 11) is 0. The van der Waals surface area contributed by atoms with Crippen LogP contribution in [-0.2, 0) is 50.9 Å². The van der Waals surface area contributed by atoms with Gasteiger partial charge in [0.2, 0.25) is 0 Å². The van der Waals surface area contributed by atoms with Crippen LogP contribution in [0, 0.1) is 16.2 Å². The Bertz CT molecular complexity index is 2290. The number of hydrogen-bond acceptors (Lipinski definition) is 10. The van der Waals surface area contributed by atoms with Gasteiger partial charge in [-0.15, -0.1) is 0 Å². The van der Waals surface area contributed by atoms with Gasteiger partial charge in [-0.05, 0) is 70.5 Å². The van der Waals surface area contributed by atoms with Crippen molar-refractivity contribution in [3.05, 3.63) is 157 Å². The molecule has 348 valence electrons. The Hall–Kier alpha value is -6.30. The van der Waals surface area contributed by atoms with Crippen molar-refractivity contribution < 1.29 is 48.2 Å². The van der Waals surface area contributed by atoms with Crippen LogP contribution in [0.15, 0.2) is 146 Å². The highest BCUT2D eigenvalue weighted by atomic mass is 16.7. The molecular formula is C57H60O10. The monoisotopic (exact) mass is 904 g/mol. The lowest BCUT2D eigenvalue weighted by Crippen LogP contribution is -2.57. The highest BCUT2D eigenvalue weighted by molar-refractivity contribution is 5.84. The molecule has 0 aliphatic carbocycles. The minimum Gasteiger partial charge on any atom is -0.507 e. The maximum Gasteiger partial charge on any atom is 0.306 e. The van der Waals surface area contributed by atoms with Gasteiger partial charge in [0.25, 0.3) is 0 Å². The number of ether oxygens (including phenoxy) is 6. The van der Waals surface area contributed by atoms with E-state index in [4.69, 9.17) is 28.4 Å². The average Bonchev–Trinajstić information content (AvgIpc) is 3.36. The van der Waals surface area contributed by atoms with Gasteiger partial charge in [-0.2, -0.15) is 0 Å². The summed E-state index contributed by atoms with van der Waals surface area (Å²) in [5.74, 6) is -0.277. The molecule has 2 saturated heterocycles. The van der Waals surface area contributed by atoms with E-state index in [1.54, 1.807) is 0 Å². The van der Waals surface area contributed by atoms with E-state index in [1.807, 2.05) is 173 Å². The normalized spacial score (nSPS) is 18.6.